The number of hydrogen-bond acceptors (Lipinski definition) is 3. The van der Waals surface area contributed by atoms with Crippen LogP contribution in [0, 0.1) is 0 Å². The van der Waals surface area contributed by atoms with E-state index < -0.39 is 10.8 Å². The first-order chi connectivity index (χ1) is 7.25. The van der Waals surface area contributed by atoms with E-state index in [9.17, 15) is 4.21 Å². The van der Waals surface area contributed by atoms with Crippen LogP contribution in [0.5, 0.6) is 0 Å². The van der Waals surface area contributed by atoms with Crippen molar-refractivity contribution in [1.29, 1.82) is 0 Å². The van der Waals surface area contributed by atoms with Crippen molar-refractivity contribution >= 4 is 34.8 Å². The number of hydrogen-bond donors (Lipinski definition) is 1. The second-order valence-electron chi connectivity index (χ2n) is 3.63. The lowest BCUT2D eigenvalue weighted by Crippen LogP contribution is -2.19. The predicted octanol–water partition coefficient (Wildman–Crippen LogP) is 1.77. The molecule has 90 valence electrons. The third-order valence-corrected chi connectivity index (χ3v) is 4.47. The topological polar surface area (TPSA) is 42.0 Å². The molecule has 1 aromatic rings. The van der Waals surface area contributed by atoms with Crippen molar-refractivity contribution in [3.63, 3.8) is 0 Å². The lowest BCUT2D eigenvalue weighted by molar-refractivity contribution is 0.672. The van der Waals surface area contributed by atoms with Crippen LogP contribution in [0.1, 0.15) is 12.0 Å². The number of nitrogens with zero attached hydrogens (tertiary/aromatic N) is 1. The fourth-order valence-electron chi connectivity index (χ4n) is 1.63. The third-order valence-electron chi connectivity index (χ3n) is 2.48. The fraction of sp³-hybridized carbons (Fsp3) is 0.500. The van der Waals surface area contributed by atoms with Crippen LogP contribution in [0.25, 0.3) is 0 Å². The summed E-state index contributed by atoms with van der Waals surface area (Å²) in [5.41, 5.74) is 0.990. The highest BCUT2D eigenvalue weighted by atomic mass is 35.5. The lowest BCUT2D eigenvalue weighted by atomic mass is 10.3. The molecule has 3 nitrogen and oxygen atoms in total. The Labute approximate surface area is 109 Å². The van der Waals surface area contributed by atoms with Gasteiger partial charge in [-0.25, -0.2) is 4.98 Å². The van der Waals surface area contributed by atoms with Crippen molar-refractivity contribution in [1.82, 2.24) is 10.3 Å². The van der Waals surface area contributed by atoms with Gasteiger partial charge < -0.3 is 5.32 Å². The van der Waals surface area contributed by atoms with Crippen molar-refractivity contribution in [2.75, 3.05) is 13.1 Å². The van der Waals surface area contributed by atoms with E-state index in [1.54, 1.807) is 12.3 Å². The maximum Gasteiger partial charge on any atom is 0.129 e. The minimum absolute atomic E-state index is 0. The minimum atomic E-state index is -0.799. The first-order valence-corrected chi connectivity index (χ1v) is 6.70. The average Bonchev–Trinajstić information content (AvgIpc) is 2.74. The Hall–Kier alpha value is -0.160. The summed E-state index contributed by atoms with van der Waals surface area (Å²) in [6, 6.07) is 3.62. The van der Waals surface area contributed by atoms with Gasteiger partial charge in [-0.2, -0.15) is 0 Å². The molecule has 0 amide bonds. The van der Waals surface area contributed by atoms with E-state index in [0.717, 1.165) is 25.1 Å². The molecule has 0 aliphatic carbocycles. The number of halogens is 2. The highest BCUT2D eigenvalue weighted by Gasteiger charge is 2.20. The quantitative estimate of drug-likeness (QED) is 0.859. The second-order valence-corrected chi connectivity index (χ2v) is 5.73. The fourth-order valence-corrected chi connectivity index (χ4v) is 3.16. The Morgan fingerprint density at radius 1 is 1.56 bits per heavy atom. The summed E-state index contributed by atoms with van der Waals surface area (Å²) in [4.78, 5) is 3.97. The van der Waals surface area contributed by atoms with Gasteiger partial charge in [0.2, 0.25) is 0 Å². The molecule has 16 heavy (non-hydrogen) atoms. The lowest BCUT2D eigenvalue weighted by Gasteiger charge is -2.07. The summed E-state index contributed by atoms with van der Waals surface area (Å²) >= 11 is 5.68. The van der Waals surface area contributed by atoms with Crippen LogP contribution >= 0.6 is 24.0 Å². The van der Waals surface area contributed by atoms with Gasteiger partial charge in [-0.3, -0.25) is 4.21 Å². The molecule has 0 saturated carbocycles. The Kier molecular flexibility index (Phi) is 5.69. The zero-order chi connectivity index (χ0) is 10.7. The van der Waals surface area contributed by atoms with E-state index in [4.69, 9.17) is 11.6 Å². The molecule has 0 aromatic carbocycles. The summed E-state index contributed by atoms with van der Waals surface area (Å²) in [5.74, 6) is 0.580. The van der Waals surface area contributed by atoms with Crippen LogP contribution in [-0.4, -0.2) is 27.5 Å². The van der Waals surface area contributed by atoms with Crippen LogP contribution in [0.4, 0.5) is 0 Å². The van der Waals surface area contributed by atoms with Gasteiger partial charge in [0.05, 0.1) is 5.75 Å². The predicted molar refractivity (Wildman–Crippen MR) is 69.6 cm³/mol. The smallest absolute Gasteiger partial charge is 0.129 e. The van der Waals surface area contributed by atoms with Crippen LogP contribution in [0.15, 0.2) is 18.3 Å². The molecular weight excluding hydrogens is 267 g/mol. The highest BCUT2D eigenvalue weighted by molar-refractivity contribution is 7.84. The van der Waals surface area contributed by atoms with Crippen LogP contribution in [-0.2, 0) is 16.6 Å². The standard InChI is InChI=1S/C10H13ClN2OS.ClH/c11-10-2-1-8(5-13-10)7-15(14)9-3-4-12-6-9;/h1-2,5,9,12H,3-4,6-7H2;1H/t9-,15?;/m1./s1. The number of nitrogens with one attached hydrogen (secondary N) is 1. The molecule has 1 unspecified atom stereocenters. The van der Waals surface area contributed by atoms with Gasteiger partial charge in [-0.05, 0) is 24.6 Å². The van der Waals surface area contributed by atoms with E-state index in [0.29, 0.717) is 16.2 Å². The number of pyridine rings is 1. The third kappa shape index (κ3) is 3.70. The highest BCUT2D eigenvalue weighted by Crippen LogP contribution is 2.13. The Morgan fingerprint density at radius 3 is 2.94 bits per heavy atom. The molecule has 2 heterocycles. The molecule has 1 aliphatic rings. The van der Waals surface area contributed by atoms with E-state index in [1.807, 2.05) is 6.07 Å². The van der Waals surface area contributed by atoms with Crippen molar-refractivity contribution in [3.8, 4) is 0 Å². The Morgan fingerprint density at radius 2 is 2.38 bits per heavy atom. The van der Waals surface area contributed by atoms with Crippen molar-refractivity contribution < 1.29 is 4.21 Å². The number of aromatic nitrogens is 1. The normalized spacial score (nSPS) is 21.4. The maximum atomic E-state index is 11.9. The molecule has 0 bridgehead atoms. The molecule has 1 aliphatic heterocycles. The largest absolute Gasteiger partial charge is 0.315 e. The zero-order valence-corrected chi connectivity index (χ0v) is 11.1. The summed E-state index contributed by atoms with van der Waals surface area (Å²) < 4.78 is 11.9. The minimum Gasteiger partial charge on any atom is -0.315 e. The van der Waals surface area contributed by atoms with Gasteiger partial charge in [0.1, 0.15) is 5.15 Å². The van der Waals surface area contributed by atoms with Crippen LogP contribution < -0.4 is 5.32 Å². The van der Waals surface area contributed by atoms with E-state index in [2.05, 4.69) is 10.3 Å². The maximum absolute atomic E-state index is 11.9. The van der Waals surface area contributed by atoms with Crippen molar-refractivity contribution in [3.05, 3.63) is 29.0 Å². The van der Waals surface area contributed by atoms with E-state index >= 15 is 0 Å². The zero-order valence-electron chi connectivity index (χ0n) is 8.69. The van der Waals surface area contributed by atoms with Crippen molar-refractivity contribution in [2.24, 2.45) is 0 Å². The van der Waals surface area contributed by atoms with Gasteiger partial charge in [0.25, 0.3) is 0 Å². The van der Waals surface area contributed by atoms with E-state index in [1.165, 1.54) is 0 Å². The second kappa shape index (κ2) is 6.55. The average molecular weight is 281 g/mol. The Balaban J connectivity index is 0.00000128. The summed E-state index contributed by atoms with van der Waals surface area (Å²) in [6.45, 7) is 1.85. The Bertz CT molecular complexity index is 352. The van der Waals surface area contributed by atoms with Gasteiger partial charge in [0, 0.05) is 28.8 Å². The molecule has 0 radical (unpaired) electrons. The van der Waals surface area contributed by atoms with Gasteiger partial charge in [-0.15, -0.1) is 12.4 Å². The van der Waals surface area contributed by atoms with Crippen LogP contribution in [0.2, 0.25) is 5.15 Å². The molecule has 1 aromatic heterocycles. The molecule has 1 fully saturated rings. The summed E-state index contributed by atoms with van der Waals surface area (Å²) in [5, 5.41) is 3.99. The number of rotatable bonds is 3. The molecule has 1 N–H and O–H groups in total. The molecular formula is C10H14Cl2N2OS. The van der Waals surface area contributed by atoms with Gasteiger partial charge in [0.15, 0.2) is 0 Å². The summed E-state index contributed by atoms with van der Waals surface area (Å²) in [6.07, 6.45) is 2.70. The molecule has 0 spiro atoms. The van der Waals surface area contributed by atoms with E-state index in [-0.39, 0.29) is 12.4 Å². The molecule has 6 heteroatoms. The SMILES string of the molecule is Cl.O=S(Cc1ccc(Cl)nc1)[C@@H]1CCNC1. The van der Waals surface area contributed by atoms with Crippen molar-refractivity contribution in [2.45, 2.75) is 17.4 Å². The first kappa shape index (κ1) is 13.9. The van der Waals surface area contributed by atoms with Crippen LogP contribution in [0.3, 0.4) is 0 Å². The summed E-state index contributed by atoms with van der Waals surface area (Å²) in [7, 11) is -0.799. The first-order valence-electron chi connectivity index (χ1n) is 4.94. The molecule has 1 saturated heterocycles. The van der Waals surface area contributed by atoms with Gasteiger partial charge in [-0.1, -0.05) is 17.7 Å². The monoisotopic (exact) mass is 280 g/mol. The molecule has 2 atom stereocenters. The van der Waals surface area contributed by atoms with Gasteiger partial charge >= 0.3 is 0 Å². The molecule has 2 rings (SSSR count).